The van der Waals surface area contributed by atoms with Crippen LogP contribution >= 0.6 is 0 Å². The second-order valence-electron chi connectivity index (χ2n) is 5.58. The highest BCUT2D eigenvalue weighted by Crippen LogP contribution is 2.31. The molecule has 0 unspecified atom stereocenters. The van der Waals surface area contributed by atoms with Crippen LogP contribution in [0.15, 0.2) is 23.1 Å². The number of ether oxygens (including phenoxy) is 1. The van der Waals surface area contributed by atoms with Crippen LogP contribution in [-0.2, 0) is 19.6 Å². The van der Waals surface area contributed by atoms with Crippen LogP contribution in [0.25, 0.3) is 0 Å². The molecule has 8 heteroatoms. The highest BCUT2D eigenvalue weighted by molar-refractivity contribution is 7.89. The summed E-state index contributed by atoms with van der Waals surface area (Å²) >= 11 is 0. The first kappa shape index (κ1) is 16.9. The SMILES string of the molecule is Cc1ccc(NC(=O)C2(CN)CCOCC2)cc1S(N)(=O)=O. The maximum Gasteiger partial charge on any atom is 0.238 e. The van der Waals surface area contributed by atoms with Gasteiger partial charge in [-0.25, -0.2) is 13.6 Å². The number of carbonyl (C=O) groups is 1. The minimum Gasteiger partial charge on any atom is -0.381 e. The van der Waals surface area contributed by atoms with Crippen LogP contribution in [0.2, 0.25) is 0 Å². The number of primary sulfonamides is 1. The van der Waals surface area contributed by atoms with Gasteiger partial charge in [0.15, 0.2) is 0 Å². The van der Waals surface area contributed by atoms with E-state index in [0.29, 0.717) is 37.3 Å². The third kappa shape index (κ3) is 3.46. The summed E-state index contributed by atoms with van der Waals surface area (Å²) in [5, 5.41) is 7.92. The molecule has 0 radical (unpaired) electrons. The molecule has 1 aromatic rings. The topological polar surface area (TPSA) is 125 Å². The molecule has 0 aromatic heterocycles. The number of nitrogens with two attached hydrogens (primary N) is 2. The Labute approximate surface area is 130 Å². The normalized spacial score (nSPS) is 18.0. The van der Waals surface area contributed by atoms with Gasteiger partial charge in [0.05, 0.1) is 10.3 Å². The largest absolute Gasteiger partial charge is 0.381 e. The lowest BCUT2D eigenvalue weighted by Gasteiger charge is -2.34. The van der Waals surface area contributed by atoms with E-state index in [9.17, 15) is 13.2 Å². The summed E-state index contributed by atoms with van der Waals surface area (Å²) in [5.74, 6) is -0.220. The van der Waals surface area contributed by atoms with Crippen molar-refractivity contribution in [1.29, 1.82) is 0 Å². The quantitative estimate of drug-likeness (QED) is 0.735. The summed E-state index contributed by atoms with van der Waals surface area (Å²) in [7, 11) is -3.83. The summed E-state index contributed by atoms with van der Waals surface area (Å²) in [5.41, 5.74) is 6.02. The number of sulfonamides is 1. The molecule has 0 atom stereocenters. The van der Waals surface area contributed by atoms with Crippen molar-refractivity contribution >= 4 is 21.6 Å². The van der Waals surface area contributed by atoms with E-state index < -0.39 is 15.4 Å². The fourth-order valence-corrected chi connectivity index (χ4v) is 3.34. The Morgan fingerprint density at radius 2 is 2.00 bits per heavy atom. The molecule has 7 nitrogen and oxygen atoms in total. The molecular weight excluding hydrogens is 306 g/mol. The Hall–Kier alpha value is -1.48. The van der Waals surface area contributed by atoms with Gasteiger partial charge in [-0.3, -0.25) is 4.79 Å². The first-order chi connectivity index (χ1) is 10.3. The van der Waals surface area contributed by atoms with Gasteiger partial charge in [0, 0.05) is 25.4 Å². The molecule has 0 spiro atoms. The fraction of sp³-hybridized carbons (Fsp3) is 0.500. The zero-order chi connectivity index (χ0) is 16.4. The molecule has 2 rings (SSSR count). The highest BCUT2D eigenvalue weighted by Gasteiger charge is 2.38. The zero-order valence-electron chi connectivity index (χ0n) is 12.5. The lowest BCUT2D eigenvalue weighted by Crippen LogP contribution is -2.46. The lowest BCUT2D eigenvalue weighted by atomic mass is 9.79. The minimum atomic E-state index is -3.83. The molecule has 1 fully saturated rings. The van der Waals surface area contributed by atoms with Crippen LogP contribution in [0, 0.1) is 12.3 Å². The highest BCUT2D eigenvalue weighted by atomic mass is 32.2. The lowest BCUT2D eigenvalue weighted by molar-refractivity contribution is -0.130. The standard InChI is InChI=1S/C14H21N3O4S/c1-10-2-3-11(8-12(10)22(16,19)20)17-13(18)14(9-15)4-6-21-7-5-14/h2-3,8H,4-7,9,15H2,1H3,(H,17,18)(H2,16,19,20). The number of carbonyl (C=O) groups excluding carboxylic acids is 1. The molecule has 1 aromatic carbocycles. The number of benzene rings is 1. The van der Waals surface area contributed by atoms with Crippen LogP contribution in [0.4, 0.5) is 5.69 Å². The van der Waals surface area contributed by atoms with E-state index in [-0.39, 0.29) is 17.3 Å². The molecule has 1 amide bonds. The molecule has 1 saturated heterocycles. The number of anilines is 1. The maximum atomic E-state index is 12.5. The third-order valence-corrected chi connectivity index (χ3v) is 5.13. The predicted molar refractivity (Wildman–Crippen MR) is 82.7 cm³/mol. The molecule has 0 aliphatic carbocycles. The molecule has 1 aliphatic heterocycles. The van der Waals surface area contributed by atoms with E-state index in [1.54, 1.807) is 19.1 Å². The number of hydrogen-bond donors (Lipinski definition) is 3. The second kappa shape index (κ2) is 6.33. The van der Waals surface area contributed by atoms with E-state index in [0.717, 1.165) is 0 Å². The van der Waals surface area contributed by atoms with E-state index in [2.05, 4.69) is 5.32 Å². The summed E-state index contributed by atoms with van der Waals surface area (Å²) in [4.78, 5) is 12.5. The maximum absolute atomic E-state index is 12.5. The number of amides is 1. The van der Waals surface area contributed by atoms with Crippen molar-refractivity contribution in [2.45, 2.75) is 24.7 Å². The van der Waals surface area contributed by atoms with Crippen LogP contribution in [-0.4, -0.2) is 34.1 Å². The van der Waals surface area contributed by atoms with Gasteiger partial charge in [-0.05, 0) is 37.5 Å². The van der Waals surface area contributed by atoms with Gasteiger partial charge in [-0.1, -0.05) is 6.07 Å². The number of nitrogens with one attached hydrogen (secondary N) is 1. The first-order valence-corrected chi connectivity index (χ1v) is 8.56. The van der Waals surface area contributed by atoms with Gasteiger partial charge >= 0.3 is 0 Å². The summed E-state index contributed by atoms with van der Waals surface area (Å²) in [6.07, 6.45) is 1.09. The molecule has 122 valence electrons. The first-order valence-electron chi connectivity index (χ1n) is 7.01. The smallest absolute Gasteiger partial charge is 0.238 e. The molecule has 0 saturated carbocycles. The monoisotopic (exact) mass is 327 g/mol. The van der Waals surface area contributed by atoms with Gasteiger partial charge < -0.3 is 15.8 Å². The summed E-state index contributed by atoms with van der Waals surface area (Å²) in [6, 6.07) is 4.62. The molecule has 5 N–H and O–H groups in total. The zero-order valence-corrected chi connectivity index (χ0v) is 13.3. The van der Waals surface area contributed by atoms with Crippen LogP contribution < -0.4 is 16.2 Å². The molecular formula is C14H21N3O4S. The van der Waals surface area contributed by atoms with Crippen molar-refractivity contribution < 1.29 is 17.9 Å². The third-order valence-electron chi connectivity index (χ3n) is 4.07. The second-order valence-corrected chi connectivity index (χ2v) is 7.11. The minimum absolute atomic E-state index is 0.000856. The van der Waals surface area contributed by atoms with Gasteiger partial charge in [-0.2, -0.15) is 0 Å². The van der Waals surface area contributed by atoms with Crippen molar-refractivity contribution in [1.82, 2.24) is 0 Å². The van der Waals surface area contributed by atoms with Gasteiger partial charge in [0.2, 0.25) is 15.9 Å². The van der Waals surface area contributed by atoms with Gasteiger partial charge in [0.1, 0.15) is 0 Å². The molecule has 0 bridgehead atoms. The average molecular weight is 327 g/mol. The molecule has 1 aliphatic rings. The Morgan fingerprint density at radius 1 is 1.36 bits per heavy atom. The van der Waals surface area contributed by atoms with Crippen molar-refractivity contribution in [2.24, 2.45) is 16.3 Å². The fourth-order valence-electron chi connectivity index (χ4n) is 2.53. The Balaban J connectivity index is 2.25. The van der Waals surface area contributed by atoms with Crippen LogP contribution in [0.3, 0.4) is 0 Å². The van der Waals surface area contributed by atoms with Crippen molar-refractivity contribution in [2.75, 3.05) is 25.1 Å². The van der Waals surface area contributed by atoms with E-state index in [1.165, 1.54) is 6.07 Å². The average Bonchev–Trinajstić information content (AvgIpc) is 2.48. The van der Waals surface area contributed by atoms with E-state index in [4.69, 9.17) is 15.6 Å². The van der Waals surface area contributed by atoms with E-state index in [1.807, 2.05) is 0 Å². The van der Waals surface area contributed by atoms with Gasteiger partial charge in [0.25, 0.3) is 0 Å². The molecule has 22 heavy (non-hydrogen) atoms. The summed E-state index contributed by atoms with van der Waals surface area (Å²) < 4.78 is 28.4. The van der Waals surface area contributed by atoms with E-state index >= 15 is 0 Å². The van der Waals surface area contributed by atoms with Crippen molar-refractivity contribution in [3.8, 4) is 0 Å². The summed E-state index contributed by atoms with van der Waals surface area (Å²) in [6.45, 7) is 2.84. The Morgan fingerprint density at radius 3 is 2.55 bits per heavy atom. The van der Waals surface area contributed by atoms with Crippen molar-refractivity contribution in [3.05, 3.63) is 23.8 Å². The van der Waals surface area contributed by atoms with Crippen molar-refractivity contribution in [3.63, 3.8) is 0 Å². The number of rotatable bonds is 4. The van der Waals surface area contributed by atoms with Crippen LogP contribution in [0.5, 0.6) is 0 Å². The number of aryl methyl sites for hydroxylation is 1. The Kier molecular flexibility index (Phi) is 4.86. The molecule has 1 heterocycles. The number of hydrogen-bond acceptors (Lipinski definition) is 5. The Bertz CT molecular complexity index is 667. The van der Waals surface area contributed by atoms with Crippen LogP contribution in [0.1, 0.15) is 18.4 Å². The predicted octanol–water partition coefficient (Wildman–Crippen LogP) is 0.336. The van der Waals surface area contributed by atoms with Gasteiger partial charge in [-0.15, -0.1) is 0 Å².